The van der Waals surface area contributed by atoms with Gasteiger partial charge in [0, 0.05) is 18.7 Å². The molecule has 0 N–H and O–H groups in total. The predicted octanol–water partition coefficient (Wildman–Crippen LogP) is 2.22. The van der Waals surface area contributed by atoms with E-state index in [2.05, 4.69) is 11.5 Å². The molecule has 0 unspecified atom stereocenters. The maximum absolute atomic E-state index is 12.1. The first-order chi connectivity index (χ1) is 7.00. The molecule has 0 amide bonds. The molecule has 1 aliphatic heterocycles. The SMILES string of the molecule is C=C(CCCN1CCOCC1)C(F)(F)F. The Labute approximate surface area is 87.7 Å². The molecule has 5 heteroatoms. The zero-order chi connectivity index (χ0) is 11.3. The van der Waals surface area contributed by atoms with E-state index in [1.54, 1.807) is 0 Å². The zero-order valence-corrected chi connectivity index (χ0v) is 8.65. The molecule has 0 spiro atoms. The van der Waals surface area contributed by atoms with Crippen LogP contribution in [0.3, 0.4) is 0 Å². The lowest BCUT2D eigenvalue weighted by Gasteiger charge is -2.26. The van der Waals surface area contributed by atoms with E-state index in [1.165, 1.54) is 0 Å². The highest BCUT2D eigenvalue weighted by Gasteiger charge is 2.30. The maximum Gasteiger partial charge on any atom is 0.412 e. The van der Waals surface area contributed by atoms with Gasteiger partial charge >= 0.3 is 6.18 Å². The number of hydrogen-bond acceptors (Lipinski definition) is 2. The van der Waals surface area contributed by atoms with Gasteiger partial charge in [-0.05, 0) is 19.4 Å². The summed E-state index contributed by atoms with van der Waals surface area (Å²) in [6.45, 7) is 6.73. The number of morpholine rings is 1. The van der Waals surface area contributed by atoms with Crippen LogP contribution in [0.2, 0.25) is 0 Å². The van der Waals surface area contributed by atoms with Gasteiger partial charge in [0.1, 0.15) is 0 Å². The molecule has 1 heterocycles. The van der Waals surface area contributed by atoms with Gasteiger partial charge in [-0.25, -0.2) is 0 Å². The highest BCUT2D eigenvalue weighted by atomic mass is 19.4. The van der Waals surface area contributed by atoms with Crippen molar-refractivity contribution in [1.29, 1.82) is 0 Å². The van der Waals surface area contributed by atoms with Crippen molar-refractivity contribution in [1.82, 2.24) is 4.90 Å². The lowest BCUT2D eigenvalue weighted by Crippen LogP contribution is -2.36. The second-order valence-corrected chi connectivity index (χ2v) is 3.66. The molecule has 88 valence electrons. The molecule has 2 nitrogen and oxygen atoms in total. The summed E-state index contributed by atoms with van der Waals surface area (Å²) >= 11 is 0. The molecule has 1 aliphatic rings. The van der Waals surface area contributed by atoms with Gasteiger partial charge in [-0.2, -0.15) is 13.2 Å². The topological polar surface area (TPSA) is 12.5 Å². The Morgan fingerprint density at radius 3 is 2.40 bits per heavy atom. The molecule has 0 bridgehead atoms. The van der Waals surface area contributed by atoms with E-state index in [0.29, 0.717) is 26.2 Å². The second-order valence-electron chi connectivity index (χ2n) is 3.66. The summed E-state index contributed by atoms with van der Waals surface area (Å²) in [5.74, 6) is 0. The van der Waals surface area contributed by atoms with Gasteiger partial charge in [0.2, 0.25) is 0 Å². The van der Waals surface area contributed by atoms with Gasteiger partial charge in [-0.1, -0.05) is 6.58 Å². The number of alkyl halides is 3. The Hall–Kier alpha value is -0.550. The van der Waals surface area contributed by atoms with Crippen molar-refractivity contribution < 1.29 is 17.9 Å². The van der Waals surface area contributed by atoms with E-state index in [4.69, 9.17) is 4.74 Å². The summed E-state index contributed by atoms with van der Waals surface area (Å²) in [7, 11) is 0. The van der Waals surface area contributed by atoms with E-state index >= 15 is 0 Å². The number of hydrogen-bond donors (Lipinski definition) is 0. The van der Waals surface area contributed by atoms with Gasteiger partial charge in [-0.15, -0.1) is 0 Å². The molecule has 0 aromatic rings. The van der Waals surface area contributed by atoms with Gasteiger partial charge in [0.25, 0.3) is 0 Å². The van der Waals surface area contributed by atoms with Crippen molar-refractivity contribution in [3.8, 4) is 0 Å². The molecule has 1 fully saturated rings. The highest BCUT2D eigenvalue weighted by molar-refractivity contribution is 5.01. The van der Waals surface area contributed by atoms with Crippen molar-refractivity contribution in [3.05, 3.63) is 12.2 Å². The van der Waals surface area contributed by atoms with Gasteiger partial charge in [0.15, 0.2) is 0 Å². The minimum atomic E-state index is -4.23. The summed E-state index contributed by atoms with van der Waals surface area (Å²) < 4.78 is 41.4. The molecule has 15 heavy (non-hydrogen) atoms. The zero-order valence-electron chi connectivity index (χ0n) is 8.65. The quantitative estimate of drug-likeness (QED) is 0.677. The fraction of sp³-hybridized carbons (Fsp3) is 0.800. The molecular weight excluding hydrogens is 207 g/mol. The Kier molecular flexibility index (Phi) is 4.60. The van der Waals surface area contributed by atoms with Crippen LogP contribution in [0.1, 0.15) is 12.8 Å². The van der Waals surface area contributed by atoms with Crippen LogP contribution >= 0.6 is 0 Å². The third kappa shape index (κ3) is 4.66. The number of nitrogens with zero attached hydrogens (tertiary/aromatic N) is 1. The fourth-order valence-electron chi connectivity index (χ4n) is 1.48. The Balaban J connectivity index is 2.12. The summed E-state index contributed by atoms with van der Waals surface area (Å²) in [4.78, 5) is 2.12. The lowest BCUT2D eigenvalue weighted by atomic mass is 10.1. The summed E-state index contributed by atoms with van der Waals surface area (Å²) in [5.41, 5.74) is -0.629. The number of halogens is 3. The van der Waals surface area contributed by atoms with Crippen molar-refractivity contribution in [3.63, 3.8) is 0 Å². The van der Waals surface area contributed by atoms with Crippen LogP contribution in [0.15, 0.2) is 12.2 Å². The van der Waals surface area contributed by atoms with E-state index < -0.39 is 11.7 Å². The Morgan fingerprint density at radius 1 is 1.27 bits per heavy atom. The first kappa shape index (κ1) is 12.5. The van der Waals surface area contributed by atoms with E-state index in [0.717, 1.165) is 13.1 Å². The number of rotatable bonds is 4. The van der Waals surface area contributed by atoms with E-state index in [-0.39, 0.29) is 6.42 Å². The van der Waals surface area contributed by atoms with Crippen LogP contribution in [0, 0.1) is 0 Å². The average Bonchev–Trinajstić information content (AvgIpc) is 2.18. The Morgan fingerprint density at radius 2 is 1.87 bits per heavy atom. The minimum Gasteiger partial charge on any atom is -0.379 e. The molecule has 0 aromatic carbocycles. The second kappa shape index (κ2) is 5.51. The molecule has 1 saturated heterocycles. The molecule has 0 saturated carbocycles. The fourth-order valence-corrected chi connectivity index (χ4v) is 1.48. The largest absolute Gasteiger partial charge is 0.412 e. The van der Waals surface area contributed by atoms with Crippen LogP contribution in [0.4, 0.5) is 13.2 Å². The molecule has 0 atom stereocenters. The van der Waals surface area contributed by atoms with Crippen LogP contribution in [0.5, 0.6) is 0 Å². The van der Waals surface area contributed by atoms with E-state index in [1.807, 2.05) is 0 Å². The number of ether oxygens (including phenoxy) is 1. The summed E-state index contributed by atoms with van der Waals surface area (Å²) in [6, 6.07) is 0. The normalized spacial score (nSPS) is 19.1. The lowest BCUT2D eigenvalue weighted by molar-refractivity contribution is -0.0939. The smallest absolute Gasteiger partial charge is 0.379 e. The first-order valence-electron chi connectivity index (χ1n) is 5.05. The van der Waals surface area contributed by atoms with Gasteiger partial charge < -0.3 is 4.74 Å². The van der Waals surface area contributed by atoms with Crippen LogP contribution < -0.4 is 0 Å². The number of allylic oxidation sites excluding steroid dienone is 1. The minimum absolute atomic E-state index is 0.0286. The van der Waals surface area contributed by atoms with Crippen molar-refractivity contribution in [2.24, 2.45) is 0 Å². The third-order valence-corrected chi connectivity index (χ3v) is 2.46. The first-order valence-corrected chi connectivity index (χ1v) is 5.05. The van der Waals surface area contributed by atoms with Gasteiger partial charge in [-0.3, -0.25) is 4.90 Å². The van der Waals surface area contributed by atoms with Crippen LogP contribution in [0.25, 0.3) is 0 Å². The van der Waals surface area contributed by atoms with Crippen molar-refractivity contribution in [2.75, 3.05) is 32.8 Å². The van der Waals surface area contributed by atoms with Crippen LogP contribution in [-0.2, 0) is 4.74 Å². The monoisotopic (exact) mass is 223 g/mol. The Bertz CT molecular complexity index is 209. The summed E-state index contributed by atoms with van der Waals surface area (Å²) in [5, 5.41) is 0. The highest BCUT2D eigenvalue weighted by Crippen LogP contribution is 2.27. The average molecular weight is 223 g/mol. The molecule has 0 aromatic heterocycles. The van der Waals surface area contributed by atoms with Crippen molar-refractivity contribution >= 4 is 0 Å². The molecule has 0 aliphatic carbocycles. The van der Waals surface area contributed by atoms with E-state index in [9.17, 15) is 13.2 Å². The predicted molar refractivity (Wildman–Crippen MR) is 51.7 cm³/mol. The third-order valence-electron chi connectivity index (χ3n) is 2.46. The maximum atomic E-state index is 12.1. The molecular formula is C10H16F3NO. The summed E-state index contributed by atoms with van der Waals surface area (Å²) in [6.07, 6.45) is -3.69. The molecule has 1 rings (SSSR count). The van der Waals surface area contributed by atoms with Gasteiger partial charge in [0.05, 0.1) is 13.2 Å². The van der Waals surface area contributed by atoms with Crippen LogP contribution in [-0.4, -0.2) is 43.9 Å². The van der Waals surface area contributed by atoms with Crippen molar-refractivity contribution in [2.45, 2.75) is 19.0 Å². The standard InChI is InChI=1S/C10H16F3NO/c1-9(10(11,12)13)3-2-4-14-5-7-15-8-6-14/h1-8H2. The molecule has 0 radical (unpaired) electrons.